The molecule has 0 saturated heterocycles. The highest BCUT2D eigenvalue weighted by Crippen LogP contribution is 2.01. The van der Waals surface area contributed by atoms with Crippen molar-refractivity contribution in [3.8, 4) is 0 Å². The van der Waals surface area contributed by atoms with Gasteiger partial charge in [-0.1, -0.05) is 20.8 Å². The number of aliphatic hydroxyl groups is 1. The SMILES string of the molecule is CC(C)CCCNCC(C)CO. The van der Waals surface area contributed by atoms with E-state index in [0.29, 0.717) is 5.92 Å². The molecule has 1 unspecified atom stereocenters. The van der Waals surface area contributed by atoms with Crippen molar-refractivity contribution in [2.75, 3.05) is 19.7 Å². The molecule has 0 aromatic heterocycles. The summed E-state index contributed by atoms with van der Waals surface area (Å²) in [6.45, 7) is 8.86. The smallest absolute Gasteiger partial charge is 0.0468 e. The predicted octanol–water partition coefficient (Wildman–Crippen LogP) is 1.64. The third kappa shape index (κ3) is 8.02. The Morgan fingerprint density at radius 3 is 2.42 bits per heavy atom. The maximum Gasteiger partial charge on any atom is 0.0468 e. The predicted molar refractivity (Wildman–Crippen MR) is 53.2 cm³/mol. The fraction of sp³-hybridized carbons (Fsp3) is 1.00. The summed E-state index contributed by atoms with van der Waals surface area (Å²) in [5.74, 6) is 1.20. The van der Waals surface area contributed by atoms with Gasteiger partial charge in [0.1, 0.15) is 0 Å². The van der Waals surface area contributed by atoms with E-state index in [1.165, 1.54) is 12.8 Å². The molecule has 0 aliphatic rings. The molecule has 0 aromatic rings. The Labute approximate surface area is 76.4 Å². The fourth-order valence-corrected chi connectivity index (χ4v) is 1.05. The maximum absolute atomic E-state index is 8.74. The van der Waals surface area contributed by atoms with Crippen molar-refractivity contribution in [3.05, 3.63) is 0 Å². The molecule has 2 heteroatoms. The molecular weight excluding hydrogens is 150 g/mol. The number of aliphatic hydroxyl groups excluding tert-OH is 1. The van der Waals surface area contributed by atoms with E-state index >= 15 is 0 Å². The van der Waals surface area contributed by atoms with Gasteiger partial charge in [-0.2, -0.15) is 0 Å². The van der Waals surface area contributed by atoms with Crippen LogP contribution in [0.25, 0.3) is 0 Å². The van der Waals surface area contributed by atoms with E-state index in [4.69, 9.17) is 5.11 Å². The summed E-state index contributed by atoms with van der Waals surface area (Å²) in [6, 6.07) is 0. The summed E-state index contributed by atoms with van der Waals surface area (Å²) in [5.41, 5.74) is 0. The van der Waals surface area contributed by atoms with E-state index in [1.807, 2.05) is 0 Å². The second kappa shape index (κ2) is 7.56. The van der Waals surface area contributed by atoms with E-state index in [-0.39, 0.29) is 6.61 Å². The van der Waals surface area contributed by atoms with E-state index < -0.39 is 0 Å². The van der Waals surface area contributed by atoms with Gasteiger partial charge in [0.2, 0.25) is 0 Å². The Kier molecular flexibility index (Phi) is 7.51. The van der Waals surface area contributed by atoms with Crippen LogP contribution in [0.1, 0.15) is 33.6 Å². The summed E-state index contributed by atoms with van der Waals surface area (Å²) in [5, 5.41) is 12.1. The molecule has 0 spiro atoms. The van der Waals surface area contributed by atoms with Crippen molar-refractivity contribution < 1.29 is 5.11 Å². The minimum absolute atomic E-state index is 0.289. The largest absolute Gasteiger partial charge is 0.396 e. The first-order chi connectivity index (χ1) is 5.66. The van der Waals surface area contributed by atoms with Crippen molar-refractivity contribution in [1.29, 1.82) is 0 Å². The first-order valence-electron chi connectivity index (χ1n) is 4.98. The highest BCUT2D eigenvalue weighted by atomic mass is 16.3. The van der Waals surface area contributed by atoms with Crippen molar-refractivity contribution in [2.45, 2.75) is 33.6 Å². The van der Waals surface area contributed by atoms with Crippen molar-refractivity contribution in [1.82, 2.24) is 5.32 Å². The average molecular weight is 173 g/mol. The first-order valence-corrected chi connectivity index (χ1v) is 4.98. The molecule has 0 heterocycles. The molecule has 74 valence electrons. The normalized spacial score (nSPS) is 13.8. The van der Waals surface area contributed by atoms with Gasteiger partial charge in [0.05, 0.1) is 0 Å². The van der Waals surface area contributed by atoms with Crippen LogP contribution in [0, 0.1) is 11.8 Å². The van der Waals surface area contributed by atoms with Gasteiger partial charge < -0.3 is 10.4 Å². The Balaban J connectivity index is 3.00. The van der Waals surface area contributed by atoms with Crippen LogP contribution in [0.15, 0.2) is 0 Å². The number of nitrogens with one attached hydrogen (secondary N) is 1. The molecule has 2 nitrogen and oxygen atoms in total. The molecule has 0 amide bonds. The Hall–Kier alpha value is -0.0800. The van der Waals surface area contributed by atoms with Crippen LogP contribution >= 0.6 is 0 Å². The number of hydrogen-bond donors (Lipinski definition) is 2. The summed E-state index contributed by atoms with van der Waals surface area (Å²) in [4.78, 5) is 0. The molecule has 0 aromatic carbocycles. The number of rotatable bonds is 7. The molecule has 0 rings (SSSR count). The molecule has 0 aliphatic heterocycles. The van der Waals surface area contributed by atoms with Gasteiger partial charge in [0.25, 0.3) is 0 Å². The summed E-state index contributed by atoms with van der Waals surface area (Å²) >= 11 is 0. The molecule has 0 aliphatic carbocycles. The molecular formula is C10H23NO. The van der Waals surface area contributed by atoms with Gasteiger partial charge in [-0.05, 0) is 37.8 Å². The highest BCUT2D eigenvalue weighted by molar-refractivity contribution is 4.55. The molecule has 12 heavy (non-hydrogen) atoms. The minimum Gasteiger partial charge on any atom is -0.396 e. The summed E-state index contributed by atoms with van der Waals surface area (Å²) in [7, 11) is 0. The second-order valence-corrected chi connectivity index (χ2v) is 4.03. The van der Waals surface area contributed by atoms with Crippen LogP contribution in [0.2, 0.25) is 0 Å². The van der Waals surface area contributed by atoms with Crippen LogP contribution in [0.3, 0.4) is 0 Å². The quantitative estimate of drug-likeness (QED) is 0.574. The molecule has 0 bridgehead atoms. The zero-order chi connectivity index (χ0) is 9.40. The van der Waals surface area contributed by atoms with Gasteiger partial charge in [-0.25, -0.2) is 0 Å². The number of hydrogen-bond acceptors (Lipinski definition) is 2. The van der Waals surface area contributed by atoms with Crippen LogP contribution in [-0.2, 0) is 0 Å². The van der Waals surface area contributed by atoms with Gasteiger partial charge in [0.15, 0.2) is 0 Å². The van der Waals surface area contributed by atoms with Crippen molar-refractivity contribution in [3.63, 3.8) is 0 Å². The Morgan fingerprint density at radius 2 is 1.92 bits per heavy atom. The third-order valence-corrected chi connectivity index (χ3v) is 1.94. The molecule has 0 saturated carbocycles. The van der Waals surface area contributed by atoms with Crippen LogP contribution < -0.4 is 5.32 Å². The topological polar surface area (TPSA) is 32.3 Å². The Bertz CT molecular complexity index is 93.8. The average Bonchev–Trinajstić information content (AvgIpc) is 2.03. The zero-order valence-corrected chi connectivity index (χ0v) is 8.64. The van der Waals surface area contributed by atoms with Gasteiger partial charge in [-0.15, -0.1) is 0 Å². The van der Waals surface area contributed by atoms with E-state index in [0.717, 1.165) is 19.0 Å². The third-order valence-electron chi connectivity index (χ3n) is 1.94. The molecule has 0 radical (unpaired) electrons. The van der Waals surface area contributed by atoms with E-state index in [2.05, 4.69) is 26.1 Å². The van der Waals surface area contributed by atoms with Crippen molar-refractivity contribution >= 4 is 0 Å². The monoisotopic (exact) mass is 173 g/mol. The fourth-order valence-electron chi connectivity index (χ4n) is 1.05. The molecule has 1 atom stereocenters. The lowest BCUT2D eigenvalue weighted by Crippen LogP contribution is -2.24. The van der Waals surface area contributed by atoms with Crippen LogP contribution in [0.5, 0.6) is 0 Å². The summed E-state index contributed by atoms with van der Waals surface area (Å²) < 4.78 is 0. The first kappa shape index (κ1) is 11.9. The second-order valence-electron chi connectivity index (χ2n) is 4.03. The zero-order valence-electron chi connectivity index (χ0n) is 8.64. The van der Waals surface area contributed by atoms with Gasteiger partial charge >= 0.3 is 0 Å². The van der Waals surface area contributed by atoms with Crippen LogP contribution in [0.4, 0.5) is 0 Å². The Morgan fingerprint density at radius 1 is 1.25 bits per heavy atom. The lowest BCUT2D eigenvalue weighted by Gasteiger charge is -2.09. The van der Waals surface area contributed by atoms with E-state index in [9.17, 15) is 0 Å². The van der Waals surface area contributed by atoms with Crippen molar-refractivity contribution in [2.24, 2.45) is 11.8 Å². The van der Waals surface area contributed by atoms with E-state index in [1.54, 1.807) is 0 Å². The maximum atomic E-state index is 8.74. The lowest BCUT2D eigenvalue weighted by atomic mass is 10.1. The van der Waals surface area contributed by atoms with Gasteiger partial charge in [-0.3, -0.25) is 0 Å². The summed E-state index contributed by atoms with van der Waals surface area (Å²) in [6.07, 6.45) is 2.54. The van der Waals surface area contributed by atoms with Gasteiger partial charge in [0, 0.05) is 6.61 Å². The standard InChI is InChI=1S/C10H23NO/c1-9(2)5-4-6-11-7-10(3)8-12/h9-12H,4-8H2,1-3H3. The molecule has 0 fully saturated rings. The highest BCUT2D eigenvalue weighted by Gasteiger charge is 1.98. The molecule has 2 N–H and O–H groups in total. The minimum atomic E-state index is 0.289. The van der Waals surface area contributed by atoms with Crippen LogP contribution in [-0.4, -0.2) is 24.8 Å². The lowest BCUT2D eigenvalue weighted by molar-refractivity contribution is 0.233.